The smallest absolute Gasteiger partial charge is 0.337 e. The molecule has 0 unspecified atom stereocenters. The largest absolute Gasteiger partial charge is 0.465 e. The fourth-order valence-corrected chi connectivity index (χ4v) is 2.38. The quantitative estimate of drug-likeness (QED) is 0.728. The van der Waals surface area contributed by atoms with Gasteiger partial charge in [0.2, 0.25) is 0 Å². The Morgan fingerprint density at radius 1 is 1.08 bits per heavy atom. The predicted molar refractivity (Wildman–Crippen MR) is 93.5 cm³/mol. The summed E-state index contributed by atoms with van der Waals surface area (Å²) in [6.45, 7) is 0.589. The van der Waals surface area contributed by atoms with Crippen molar-refractivity contribution in [3.05, 3.63) is 83.7 Å². The number of rotatable bonds is 5. The summed E-state index contributed by atoms with van der Waals surface area (Å²) in [4.78, 5) is 23.9. The Hall–Kier alpha value is -3.41. The summed E-state index contributed by atoms with van der Waals surface area (Å²) in [5, 5.41) is 6.97. The highest BCUT2D eigenvalue weighted by Gasteiger charge is 2.11. The van der Waals surface area contributed by atoms with Crippen LogP contribution in [-0.4, -0.2) is 28.8 Å². The fourth-order valence-electron chi connectivity index (χ4n) is 2.38. The number of anilines is 1. The average Bonchev–Trinajstić information content (AvgIpc) is 3.11. The molecule has 1 amide bonds. The van der Waals surface area contributed by atoms with Gasteiger partial charge in [0.25, 0.3) is 5.91 Å². The first-order valence-corrected chi connectivity index (χ1v) is 7.72. The Balaban J connectivity index is 1.69. The summed E-state index contributed by atoms with van der Waals surface area (Å²) in [5.74, 6) is -0.742. The summed E-state index contributed by atoms with van der Waals surface area (Å²) < 4.78 is 6.38. The van der Waals surface area contributed by atoms with Gasteiger partial charge in [0, 0.05) is 11.9 Å². The molecule has 0 saturated heterocycles. The van der Waals surface area contributed by atoms with E-state index in [4.69, 9.17) is 0 Å². The van der Waals surface area contributed by atoms with Crippen LogP contribution in [0.1, 0.15) is 26.3 Å². The van der Waals surface area contributed by atoms with Gasteiger partial charge in [0.1, 0.15) is 0 Å². The number of amides is 1. The molecule has 0 saturated carbocycles. The highest BCUT2D eigenvalue weighted by atomic mass is 16.5. The highest BCUT2D eigenvalue weighted by Crippen LogP contribution is 2.13. The van der Waals surface area contributed by atoms with E-state index in [-0.39, 0.29) is 5.91 Å². The van der Waals surface area contributed by atoms with E-state index in [2.05, 4.69) is 15.2 Å². The van der Waals surface area contributed by atoms with Gasteiger partial charge >= 0.3 is 5.97 Å². The molecule has 0 bridgehead atoms. The van der Waals surface area contributed by atoms with Crippen LogP contribution < -0.4 is 5.32 Å². The standard InChI is InChI=1S/C19H17N3O3/c1-25-19(24)15-8-5-9-17(10-15)21-18(23)16-11-20-22(13-16)12-14-6-3-2-4-7-14/h2-11,13H,12H2,1H3,(H,21,23). The molecule has 1 heterocycles. The van der Waals surface area contributed by atoms with E-state index in [0.717, 1.165) is 5.56 Å². The van der Waals surface area contributed by atoms with Gasteiger partial charge in [0.05, 0.1) is 31.0 Å². The summed E-state index contributed by atoms with van der Waals surface area (Å²) in [7, 11) is 1.31. The number of hydrogen-bond acceptors (Lipinski definition) is 4. The monoisotopic (exact) mass is 335 g/mol. The maximum absolute atomic E-state index is 12.3. The molecule has 6 nitrogen and oxygen atoms in total. The third kappa shape index (κ3) is 4.11. The van der Waals surface area contributed by atoms with Crippen LogP contribution in [0.2, 0.25) is 0 Å². The minimum absolute atomic E-state index is 0.290. The molecule has 0 atom stereocenters. The molecular weight excluding hydrogens is 318 g/mol. The summed E-state index contributed by atoms with van der Waals surface area (Å²) in [6.07, 6.45) is 3.20. The number of aromatic nitrogens is 2. The molecule has 6 heteroatoms. The molecule has 0 fully saturated rings. The van der Waals surface area contributed by atoms with E-state index >= 15 is 0 Å². The van der Waals surface area contributed by atoms with Crippen LogP contribution in [0.15, 0.2) is 67.0 Å². The van der Waals surface area contributed by atoms with Crippen molar-refractivity contribution in [3.63, 3.8) is 0 Å². The molecule has 3 aromatic rings. The van der Waals surface area contributed by atoms with E-state index in [1.54, 1.807) is 35.1 Å². The molecule has 25 heavy (non-hydrogen) atoms. The Bertz CT molecular complexity index is 888. The minimum atomic E-state index is -0.452. The van der Waals surface area contributed by atoms with Crippen molar-refractivity contribution in [1.29, 1.82) is 0 Å². The first-order valence-electron chi connectivity index (χ1n) is 7.72. The number of carbonyl (C=O) groups excluding carboxylic acids is 2. The van der Waals surface area contributed by atoms with Crippen molar-refractivity contribution in [1.82, 2.24) is 9.78 Å². The van der Waals surface area contributed by atoms with Gasteiger partial charge in [0.15, 0.2) is 0 Å². The Morgan fingerprint density at radius 2 is 1.88 bits per heavy atom. The maximum atomic E-state index is 12.3. The molecule has 0 aliphatic rings. The minimum Gasteiger partial charge on any atom is -0.465 e. The molecule has 0 aliphatic heterocycles. The number of carbonyl (C=O) groups is 2. The van der Waals surface area contributed by atoms with Crippen LogP contribution in [0.4, 0.5) is 5.69 Å². The molecule has 0 spiro atoms. The third-order valence-electron chi connectivity index (χ3n) is 3.62. The van der Waals surface area contributed by atoms with Gasteiger partial charge < -0.3 is 10.1 Å². The van der Waals surface area contributed by atoms with Crippen LogP contribution in [0, 0.1) is 0 Å². The summed E-state index contributed by atoms with van der Waals surface area (Å²) in [5.41, 5.74) is 2.44. The van der Waals surface area contributed by atoms with Crippen LogP contribution in [0.25, 0.3) is 0 Å². The first kappa shape index (κ1) is 16.4. The van der Waals surface area contributed by atoms with E-state index in [1.807, 2.05) is 30.3 Å². The first-order chi connectivity index (χ1) is 12.2. The second kappa shape index (κ2) is 7.44. The predicted octanol–water partition coefficient (Wildman–Crippen LogP) is 2.97. The zero-order valence-electron chi connectivity index (χ0n) is 13.7. The van der Waals surface area contributed by atoms with Crippen molar-refractivity contribution in [3.8, 4) is 0 Å². The molecule has 1 N–H and O–H groups in total. The van der Waals surface area contributed by atoms with Crippen LogP contribution in [-0.2, 0) is 11.3 Å². The zero-order chi connectivity index (χ0) is 17.6. The summed E-state index contributed by atoms with van der Waals surface area (Å²) in [6, 6.07) is 16.5. The lowest BCUT2D eigenvalue weighted by atomic mass is 10.2. The van der Waals surface area contributed by atoms with Gasteiger partial charge in [-0.2, -0.15) is 5.10 Å². The van der Waals surface area contributed by atoms with Gasteiger partial charge in [-0.1, -0.05) is 36.4 Å². The maximum Gasteiger partial charge on any atom is 0.337 e. The molecule has 0 aliphatic carbocycles. The SMILES string of the molecule is COC(=O)c1cccc(NC(=O)c2cnn(Cc3ccccc3)c2)c1. The molecular formula is C19H17N3O3. The number of esters is 1. The fraction of sp³-hybridized carbons (Fsp3) is 0.105. The van der Waals surface area contributed by atoms with Gasteiger partial charge in [-0.3, -0.25) is 9.48 Å². The van der Waals surface area contributed by atoms with E-state index in [1.165, 1.54) is 13.3 Å². The third-order valence-corrected chi connectivity index (χ3v) is 3.62. The van der Waals surface area contributed by atoms with Crippen molar-refractivity contribution < 1.29 is 14.3 Å². The summed E-state index contributed by atoms with van der Waals surface area (Å²) >= 11 is 0. The topological polar surface area (TPSA) is 73.2 Å². The second-order valence-electron chi connectivity index (χ2n) is 5.44. The molecule has 0 radical (unpaired) electrons. The number of nitrogens with one attached hydrogen (secondary N) is 1. The van der Waals surface area contributed by atoms with Crippen molar-refractivity contribution in [2.24, 2.45) is 0 Å². The molecule has 3 rings (SSSR count). The Morgan fingerprint density at radius 3 is 2.64 bits per heavy atom. The van der Waals surface area contributed by atoms with Crippen molar-refractivity contribution >= 4 is 17.6 Å². The van der Waals surface area contributed by atoms with Gasteiger partial charge in [-0.25, -0.2) is 4.79 Å². The van der Waals surface area contributed by atoms with E-state index in [0.29, 0.717) is 23.4 Å². The van der Waals surface area contributed by atoms with E-state index < -0.39 is 5.97 Å². The second-order valence-corrected chi connectivity index (χ2v) is 5.44. The lowest BCUT2D eigenvalue weighted by molar-refractivity contribution is 0.0600. The highest BCUT2D eigenvalue weighted by molar-refractivity contribution is 6.04. The van der Waals surface area contributed by atoms with Gasteiger partial charge in [-0.15, -0.1) is 0 Å². The Labute approximate surface area is 145 Å². The van der Waals surface area contributed by atoms with Crippen molar-refractivity contribution in [2.45, 2.75) is 6.54 Å². The van der Waals surface area contributed by atoms with Gasteiger partial charge in [-0.05, 0) is 23.8 Å². The van der Waals surface area contributed by atoms with Crippen molar-refractivity contribution in [2.75, 3.05) is 12.4 Å². The Kier molecular flexibility index (Phi) is 4.89. The van der Waals surface area contributed by atoms with Crippen LogP contribution >= 0.6 is 0 Å². The molecule has 1 aromatic heterocycles. The lowest BCUT2D eigenvalue weighted by Crippen LogP contribution is -2.12. The van der Waals surface area contributed by atoms with Crippen LogP contribution in [0.3, 0.4) is 0 Å². The molecule has 2 aromatic carbocycles. The number of benzene rings is 2. The zero-order valence-corrected chi connectivity index (χ0v) is 13.7. The lowest BCUT2D eigenvalue weighted by Gasteiger charge is -2.05. The average molecular weight is 335 g/mol. The van der Waals surface area contributed by atoms with Crippen LogP contribution in [0.5, 0.6) is 0 Å². The molecule has 126 valence electrons. The number of methoxy groups -OCH3 is 1. The number of nitrogens with zero attached hydrogens (tertiary/aromatic N) is 2. The van der Waals surface area contributed by atoms with E-state index in [9.17, 15) is 9.59 Å². The number of ether oxygens (including phenoxy) is 1. The number of hydrogen-bond donors (Lipinski definition) is 1. The normalized spacial score (nSPS) is 10.3.